The number of methoxy groups -OCH3 is 1. The van der Waals surface area contributed by atoms with Gasteiger partial charge in [-0.15, -0.1) is 0 Å². The molecule has 0 radical (unpaired) electrons. The third-order valence-corrected chi connectivity index (χ3v) is 5.07. The molecule has 3 heterocycles. The fraction of sp³-hybridized carbons (Fsp3) is 0.450. The van der Waals surface area contributed by atoms with Gasteiger partial charge in [-0.25, -0.2) is 4.98 Å². The molecule has 0 amide bonds. The van der Waals surface area contributed by atoms with E-state index in [2.05, 4.69) is 22.0 Å². The molecule has 0 aliphatic carbocycles. The lowest BCUT2D eigenvalue weighted by atomic mass is 9.95. The van der Waals surface area contributed by atoms with Crippen LogP contribution in [0.2, 0.25) is 0 Å². The van der Waals surface area contributed by atoms with E-state index in [1.807, 2.05) is 30.3 Å². The highest BCUT2D eigenvalue weighted by atomic mass is 16.5. The first-order valence-corrected chi connectivity index (χ1v) is 8.90. The number of piperidine rings is 1. The van der Waals surface area contributed by atoms with Gasteiger partial charge in [0.25, 0.3) is 0 Å². The summed E-state index contributed by atoms with van der Waals surface area (Å²) in [4.78, 5) is 6.81. The van der Waals surface area contributed by atoms with Crippen molar-refractivity contribution in [1.29, 1.82) is 0 Å². The summed E-state index contributed by atoms with van der Waals surface area (Å²) < 4.78 is 17.5. The highest BCUT2D eigenvalue weighted by Crippen LogP contribution is 2.32. The van der Waals surface area contributed by atoms with Gasteiger partial charge in [-0.3, -0.25) is 4.90 Å². The van der Waals surface area contributed by atoms with Crippen LogP contribution < -0.4 is 9.47 Å². The fourth-order valence-corrected chi connectivity index (χ4v) is 3.87. The molecule has 3 atom stereocenters. The second-order valence-corrected chi connectivity index (χ2v) is 6.63. The average molecular weight is 340 g/mol. The van der Waals surface area contributed by atoms with Crippen molar-refractivity contribution in [3.05, 3.63) is 54.2 Å². The average Bonchev–Trinajstić information content (AvgIpc) is 3.15. The third kappa shape index (κ3) is 3.62. The maximum Gasteiger partial charge on any atom is 0.213 e. The van der Waals surface area contributed by atoms with Crippen LogP contribution in [0.15, 0.2) is 48.7 Å². The van der Waals surface area contributed by atoms with E-state index in [-0.39, 0.29) is 12.2 Å². The van der Waals surface area contributed by atoms with Crippen molar-refractivity contribution in [3.8, 4) is 11.6 Å². The predicted octanol–water partition coefficient (Wildman–Crippen LogP) is 2.90. The number of hydrogen-bond acceptors (Lipinski definition) is 5. The van der Waals surface area contributed by atoms with E-state index in [9.17, 15) is 0 Å². The molecule has 0 spiro atoms. The quantitative estimate of drug-likeness (QED) is 0.837. The van der Waals surface area contributed by atoms with Gasteiger partial charge in [-0.2, -0.15) is 0 Å². The number of likely N-dealkylation sites (tertiary alicyclic amines) is 1. The number of benzene rings is 1. The predicted molar refractivity (Wildman–Crippen MR) is 94.8 cm³/mol. The minimum absolute atomic E-state index is 0.0731. The molecular weight excluding hydrogens is 316 g/mol. The van der Waals surface area contributed by atoms with Gasteiger partial charge in [0, 0.05) is 38.0 Å². The minimum Gasteiger partial charge on any atom is -0.497 e. The molecule has 2 aromatic rings. The lowest BCUT2D eigenvalue weighted by Crippen LogP contribution is -2.53. The van der Waals surface area contributed by atoms with E-state index in [1.165, 1.54) is 5.56 Å². The number of nitrogens with zero attached hydrogens (tertiary/aromatic N) is 2. The van der Waals surface area contributed by atoms with Crippen molar-refractivity contribution >= 4 is 0 Å². The molecule has 2 fully saturated rings. The molecule has 2 aliphatic rings. The molecule has 25 heavy (non-hydrogen) atoms. The van der Waals surface area contributed by atoms with Gasteiger partial charge in [0.1, 0.15) is 18.0 Å². The zero-order valence-corrected chi connectivity index (χ0v) is 14.5. The third-order valence-electron chi connectivity index (χ3n) is 5.07. The minimum atomic E-state index is 0.0731. The van der Waals surface area contributed by atoms with Gasteiger partial charge in [-0.05, 0) is 36.6 Å². The number of fused-ring (bicyclic) bond motifs is 1. The van der Waals surface area contributed by atoms with Gasteiger partial charge in [0.15, 0.2) is 0 Å². The molecule has 4 rings (SSSR count). The topological polar surface area (TPSA) is 43.8 Å². The van der Waals surface area contributed by atoms with Gasteiger partial charge >= 0.3 is 0 Å². The Labute approximate surface area is 148 Å². The van der Waals surface area contributed by atoms with Crippen LogP contribution in [-0.4, -0.2) is 48.4 Å². The molecule has 2 aliphatic heterocycles. The Morgan fingerprint density at radius 2 is 2.16 bits per heavy atom. The maximum atomic E-state index is 6.12. The Morgan fingerprint density at radius 3 is 3.00 bits per heavy atom. The SMILES string of the molecule is COc1cccc(CN2CC[C@@H](Oc3ccccn3)[C@H]3OCC[C@@H]32)c1. The highest BCUT2D eigenvalue weighted by molar-refractivity contribution is 5.28. The second-order valence-electron chi connectivity index (χ2n) is 6.63. The summed E-state index contributed by atoms with van der Waals surface area (Å²) in [6.45, 7) is 2.71. The van der Waals surface area contributed by atoms with Gasteiger partial charge < -0.3 is 14.2 Å². The summed E-state index contributed by atoms with van der Waals surface area (Å²) in [7, 11) is 1.71. The van der Waals surface area contributed by atoms with Crippen molar-refractivity contribution in [2.75, 3.05) is 20.3 Å². The Hall–Kier alpha value is -2.11. The number of rotatable bonds is 5. The largest absolute Gasteiger partial charge is 0.497 e. The molecule has 1 aromatic carbocycles. The number of ether oxygens (including phenoxy) is 3. The van der Waals surface area contributed by atoms with Crippen LogP contribution >= 0.6 is 0 Å². The highest BCUT2D eigenvalue weighted by Gasteiger charge is 2.43. The molecule has 5 nitrogen and oxygen atoms in total. The number of hydrogen-bond donors (Lipinski definition) is 0. The van der Waals surface area contributed by atoms with Crippen LogP contribution in [0.1, 0.15) is 18.4 Å². The van der Waals surface area contributed by atoms with Gasteiger partial charge in [0.05, 0.1) is 7.11 Å². The van der Waals surface area contributed by atoms with Crippen LogP contribution in [0, 0.1) is 0 Å². The van der Waals surface area contributed by atoms with Crippen LogP contribution in [0.25, 0.3) is 0 Å². The zero-order valence-electron chi connectivity index (χ0n) is 14.5. The normalized spacial score (nSPS) is 26.2. The second kappa shape index (κ2) is 7.42. The van der Waals surface area contributed by atoms with Crippen LogP contribution in [0.5, 0.6) is 11.6 Å². The maximum absolute atomic E-state index is 6.12. The molecule has 2 saturated heterocycles. The number of aromatic nitrogens is 1. The first-order chi connectivity index (χ1) is 12.3. The first kappa shape index (κ1) is 16.4. The van der Waals surface area contributed by atoms with Crippen molar-refractivity contribution in [2.45, 2.75) is 37.6 Å². The van der Waals surface area contributed by atoms with Gasteiger partial charge in [-0.1, -0.05) is 18.2 Å². The lowest BCUT2D eigenvalue weighted by molar-refractivity contribution is -0.0572. The van der Waals surface area contributed by atoms with E-state index in [0.717, 1.165) is 38.3 Å². The van der Waals surface area contributed by atoms with Crippen molar-refractivity contribution in [1.82, 2.24) is 9.88 Å². The first-order valence-electron chi connectivity index (χ1n) is 8.90. The molecule has 0 N–H and O–H groups in total. The molecule has 0 bridgehead atoms. The Bertz CT molecular complexity index is 694. The van der Waals surface area contributed by atoms with Crippen LogP contribution in [0.3, 0.4) is 0 Å². The fourth-order valence-electron chi connectivity index (χ4n) is 3.87. The van der Waals surface area contributed by atoms with Crippen molar-refractivity contribution in [3.63, 3.8) is 0 Å². The molecule has 132 valence electrons. The van der Waals surface area contributed by atoms with E-state index >= 15 is 0 Å². The molecule has 0 unspecified atom stereocenters. The van der Waals surface area contributed by atoms with Gasteiger partial charge in [0.2, 0.25) is 5.88 Å². The van der Waals surface area contributed by atoms with Crippen LogP contribution in [-0.2, 0) is 11.3 Å². The Morgan fingerprint density at radius 1 is 1.20 bits per heavy atom. The summed E-state index contributed by atoms with van der Waals surface area (Å²) in [5.41, 5.74) is 1.27. The summed E-state index contributed by atoms with van der Waals surface area (Å²) in [6, 6.07) is 14.5. The monoisotopic (exact) mass is 340 g/mol. The summed E-state index contributed by atoms with van der Waals surface area (Å²) in [5.74, 6) is 1.59. The van der Waals surface area contributed by atoms with Crippen molar-refractivity contribution in [2.24, 2.45) is 0 Å². The van der Waals surface area contributed by atoms with E-state index in [0.29, 0.717) is 11.9 Å². The smallest absolute Gasteiger partial charge is 0.213 e. The lowest BCUT2D eigenvalue weighted by Gasteiger charge is -2.41. The van der Waals surface area contributed by atoms with E-state index in [4.69, 9.17) is 14.2 Å². The summed E-state index contributed by atoms with van der Waals surface area (Å²) in [5, 5.41) is 0. The van der Waals surface area contributed by atoms with Crippen molar-refractivity contribution < 1.29 is 14.2 Å². The Balaban J connectivity index is 1.44. The van der Waals surface area contributed by atoms with Crippen LogP contribution in [0.4, 0.5) is 0 Å². The molecule has 5 heteroatoms. The van der Waals surface area contributed by atoms with E-state index < -0.39 is 0 Å². The summed E-state index contributed by atoms with van der Waals surface area (Å²) in [6.07, 6.45) is 3.95. The zero-order chi connectivity index (χ0) is 17.1. The summed E-state index contributed by atoms with van der Waals surface area (Å²) >= 11 is 0. The molecule has 1 aromatic heterocycles. The molecular formula is C20H24N2O3. The number of pyridine rings is 1. The standard InChI is InChI=1S/C20H24N2O3/c1-23-16-6-4-5-15(13-16)14-22-11-8-18(20-17(22)9-12-24-20)25-19-7-2-3-10-21-19/h2-7,10,13,17-18,20H,8-9,11-12,14H2,1H3/t17-,18+,20-/m0/s1. The molecule has 0 saturated carbocycles. The Kier molecular flexibility index (Phi) is 4.85. The van der Waals surface area contributed by atoms with E-state index in [1.54, 1.807) is 13.3 Å².